The summed E-state index contributed by atoms with van der Waals surface area (Å²) in [7, 11) is 0. The van der Waals surface area contributed by atoms with Gasteiger partial charge in [0.15, 0.2) is 0 Å². The molecule has 1 heterocycles. The van der Waals surface area contributed by atoms with Crippen molar-refractivity contribution in [1.29, 1.82) is 0 Å². The largest absolute Gasteiger partial charge is 0.398 e. The number of pyridine rings is 1. The first-order valence-electron chi connectivity index (χ1n) is 6.26. The minimum absolute atomic E-state index is 0.257. The summed E-state index contributed by atoms with van der Waals surface area (Å²) in [5.41, 5.74) is 14.5. The number of halogens is 1. The van der Waals surface area contributed by atoms with Crippen molar-refractivity contribution < 1.29 is 4.39 Å². The van der Waals surface area contributed by atoms with Crippen LogP contribution in [0.5, 0.6) is 0 Å². The molecule has 3 aromatic rings. The second kappa shape index (κ2) is 4.49. The van der Waals surface area contributed by atoms with Gasteiger partial charge in [0.25, 0.3) is 0 Å². The zero-order chi connectivity index (χ0) is 14.3. The molecule has 0 saturated carbocycles. The lowest BCUT2D eigenvalue weighted by Crippen LogP contribution is -1.95. The minimum atomic E-state index is -0.257. The second-order valence-electron chi connectivity index (χ2n) is 4.83. The van der Waals surface area contributed by atoms with Crippen molar-refractivity contribution in [2.45, 2.75) is 6.92 Å². The predicted octanol–water partition coefficient (Wildman–Crippen LogP) is 3.51. The molecule has 0 spiro atoms. The zero-order valence-electron chi connectivity index (χ0n) is 11.0. The predicted molar refractivity (Wildman–Crippen MR) is 80.7 cm³/mol. The molecule has 100 valence electrons. The third-order valence-electron chi connectivity index (χ3n) is 3.40. The highest BCUT2D eigenvalue weighted by atomic mass is 19.1. The van der Waals surface area contributed by atoms with Crippen LogP contribution in [0.2, 0.25) is 0 Å². The maximum absolute atomic E-state index is 14.1. The van der Waals surface area contributed by atoms with Gasteiger partial charge in [0.1, 0.15) is 11.6 Å². The molecule has 2 aromatic carbocycles. The standard InChI is InChI=1S/C16H14FN3/c1-9-3-2-4-13(17)16(9)10-5-11-8-20-15(19)7-12(11)14(18)6-10/h2-8H,18H2,1H3,(H2,19,20). The third kappa shape index (κ3) is 1.95. The Morgan fingerprint density at radius 2 is 1.90 bits per heavy atom. The van der Waals surface area contributed by atoms with Crippen LogP contribution in [-0.4, -0.2) is 4.98 Å². The Labute approximate surface area is 116 Å². The number of fused-ring (bicyclic) bond motifs is 1. The van der Waals surface area contributed by atoms with Gasteiger partial charge in [-0.1, -0.05) is 12.1 Å². The molecule has 1 aromatic heterocycles. The van der Waals surface area contributed by atoms with E-state index in [2.05, 4.69) is 4.98 Å². The molecule has 0 bridgehead atoms. The smallest absolute Gasteiger partial charge is 0.131 e. The maximum atomic E-state index is 14.1. The Morgan fingerprint density at radius 3 is 2.65 bits per heavy atom. The second-order valence-corrected chi connectivity index (χ2v) is 4.83. The number of nitrogens with zero attached hydrogens (tertiary/aromatic N) is 1. The topological polar surface area (TPSA) is 64.9 Å². The quantitative estimate of drug-likeness (QED) is 0.663. The molecule has 0 fully saturated rings. The summed E-state index contributed by atoms with van der Waals surface area (Å²) < 4.78 is 14.1. The van der Waals surface area contributed by atoms with Gasteiger partial charge in [-0.05, 0) is 42.3 Å². The van der Waals surface area contributed by atoms with Crippen LogP contribution in [0.15, 0.2) is 42.6 Å². The van der Waals surface area contributed by atoms with E-state index in [1.807, 2.05) is 19.1 Å². The van der Waals surface area contributed by atoms with Crippen LogP contribution < -0.4 is 11.5 Å². The normalized spacial score (nSPS) is 10.9. The van der Waals surface area contributed by atoms with Gasteiger partial charge in [-0.15, -0.1) is 0 Å². The molecular weight excluding hydrogens is 253 g/mol. The SMILES string of the molecule is Cc1cccc(F)c1-c1cc(N)c2cc(N)ncc2c1. The lowest BCUT2D eigenvalue weighted by Gasteiger charge is -2.11. The van der Waals surface area contributed by atoms with E-state index >= 15 is 0 Å². The summed E-state index contributed by atoms with van der Waals surface area (Å²) in [5.74, 6) is 0.158. The van der Waals surface area contributed by atoms with Crippen LogP contribution in [0.3, 0.4) is 0 Å². The number of nitrogen functional groups attached to an aromatic ring is 2. The average Bonchev–Trinajstić information content (AvgIpc) is 2.39. The van der Waals surface area contributed by atoms with E-state index in [1.165, 1.54) is 6.07 Å². The minimum Gasteiger partial charge on any atom is -0.398 e. The van der Waals surface area contributed by atoms with E-state index in [0.717, 1.165) is 21.9 Å². The highest BCUT2D eigenvalue weighted by Gasteiger charge is 2.11. The summed E-state index contributed by atoms with van der Waals surface area (Å²) in [6.07, 6.45) is 1.65. The monoisotopic (exact) mass is 267 g/mol. The molecule has 0 radical (unpaired) electrons. The lowest BCUT2D eigenvalue weighted by molar-refractivity contribution is 0.630. The molecule has 0 aliphatic heterocycles. The van der Waals surface area contributed by atoms with E-state index in [9.17, 15) is 4.39 Å². The van der Waals surface area contributed by atoms with Crippen LogP contribution in [0.1, 0.15) is 5.56 Å². The molecule has 0 atom stereocenters. The molecule has 4 heteroatoms. The van der Waals surface area contributed by atoms with E-state index in [4.69, 9.17) is 11.5 Å². The Bertz CT molecular complexity index is 792. The number of hydrogen-bond donors (Lipinski definition) is 2. The molecule has 0 saturated heterocycles. The fraction of sp³-hybridized carbons (Fsp3) is 0.0625. The summed E-state index contributed by atoms with van der Waals surface area (Å²) in [6.45, 7) is 1.88. The molecule has 0 aliphatic rings. The number of rotatable bonds is 1. The van der Waals surface area contributed by atoms with Crippen molar-refractivity contribution >= 4 is 22.3 Å². The van der Waals surface area contributed by atoms with Gasteiger partial charge in [-0.25, -0.2) is 9.37 Å². The van der Waals surface area contributed by atoms with Crippen molar-refractivity contribution in [3.63, 3.8) is 0 Å². The fourth-order valence-electron chi connectivity index (χ4n) is 2.44. The summed E-state index contributed by atoms with van der Waals surface area (Å²) >= 11 is 0. The maximum Gasteiger partial charge on any atom is 0.131 e. The van der Waals surface area contributed by atoms with Crippen LogP contribution in [-0.2, 0) is 0 Å². The van der Waals surface area contributed by atoms with Crippen LogP contribution in [0, 0.1) is 12.7 Å². The molecule has 0 aliphatic carbocycles. The van der Waals surface area contributed by atoms with Crippen molar-refractivity contribution in [2.24, 2.45) is 0 Å². The highest BCUT2D eigenvalue weighted by Crippen LogP contribution is 2.32. The van der Waals surface area contributed by atoms with Crippen LogP contribution >= 0.6 is 0 Å². The Morgan fingerprint density at radius 1 is 1.10 bits per heavy atom. The van der Waals surface area contributed by atoms with Gasteiger partial charge < -0.3 is 11.5 Å². The zero-order valence-corrected chi connectivity index (χ0v) is 11.0. The summed E-state index contributed by atoms with van der Waals surface area (Å²) in [6, 6.07) is 10.4. The molecule has 3 nitrogen and oxygen atoms in total. The Balaban J connectivity index is 2.31. The van der Waals surface area contributed by atoms with Crippen molar-refractivity contribution in [3.05, 3.63) is 54.0 Å². The number of anilines is 2. The number of aromatic nitrogens is 1. The van der Waals surface area contributed by atoms with Gasteiger partial charge in [-0.2, -0.15) is 0 Å². The Hall–Kier alpha value is -2.62. The first-order valence-corrected chi connectivity index (χ1v) is 6.26. The fourth-order valence-corrected chi connectivity index (χ4v) is 2.44. The van der Waals surface area contributed by atoms with Crippen LogP contribution in [0.25, 0.3) is 21.9 Å². The van der Waals surface area contributed by atoms with Crippen molar-refractivity contribution in [2.75, 3.05) is 11.5 Å². The lowest BCUT2D eigenvalue weighted by atomic mass is 9.97. The number of aryl methyl sites for hydroxylation is 1. The molecular formula is C16H14FN3. The molecule has 0 amide bonds. The van der Waals surface area contributed by atoms with Crippen molar-refractivity contribution in [1.82, 2.24) is 4.98 Å². The average molecular weight is 267 g/mol. The van der Waals surface area contributed by atoms with Gasteiger partial charge in [0, 0.05) is 28.2 Å². The van der Waals surface area contributed by atoms with Gasteiger partial charge >= 0.3 is 0 Å². The molecule has 20 heavy (non-hydrogen) atoms. The Kier molecular flexibility index (Phi) is 2.79. The summed E-state index contributed by atoms with van der Waals surface area (Å²) in [4.78, 5) is 4.06. The highest BCUT2D eigenvalue weighted by molar-refractivity contribution is 5.97. The van der Waals surface area contributed by atoms with Gasteiger partial charge in [-0.3, -0.25) is 0 Å². The van der Waals surface area contributed by atoms with E-state index in [-0.39, 0.29) is 5.82 Å². The number of benzene rings is 2. The van der Waals surface area contributed by atoms with Crippen molar-refractivity contribution in [3.8, 4) is 11.1 Å². The molecule has 0 unspecified atom stereocenters. The van der Waals surface area contributed by atoms with Gasteiger partial charge in [0.05, 0.1) is 0 Å². The van der Waals surface area contributed by atoms with E-state index in [1.54, 1.807) is 24.4 Å². The van der Waals surface area contributed by atoms with Crippen LogP contribution in [0.4, 0.5) is 15.9 Å². The van der Waals surface area contributed by atoms with Gasteiger partial charge in [0.2, 0.25) is 0 Å². The molecule has 3 rings (SSSR count). The van der Waals surface area contributed by atoms with E-state index in [0.29, 0.717) is 17.1 Å². The first-order chi connectivity index (χ1) is 9.56. The number of hydrogen-bond acceptors (Lipinski definition) is 3. The number of nitrogens with two attached hydrogens (primary N) is 2. The first kappa shape index (κ1) is 12.4. The summed E-state index contributed by atoms with van der Waals surface area (Å²) in [5, 5.41) is 1.67. The van der Waals surface area contributed by atoms with E-state index < -0.39 is 0 Å². The molecule has 4 N–H and O–H groups in total. The third-order valence-corrected chi connectivity index (χ3v) is 3.40.